The normalized spacial score (nSPS) is 10.2. The largest absolute Gasteiger partial charge is 0.497 e. The monoisotopic (exact) mass is 345 g/mol. The summed E-state index contributed by atoms with van der Waals surface area (Å²) in [5.41, 5.74) is 1.24. The van der Waals surface area contributed by atoms with Crippen LogP contribution in [0.25, 0.3) is 0 Å². The third kappa shape index (κ3) is 6.54. The summed E-state index contributed by atoms with van der Waals surface area (Å²) in [6, 6.07) is 15.7. The predicted octanol–water partition coefficient (Wildman–Crippen LogP) is 3.68. The van der Waals surface area contributed by atoms with E-state index in [0.717, 1.165) is 17.3 Å². The number of thioether (sulfide) groups is 1. The van der Waals surface area contributed by atoms with Crippen LogP contribution in [0, 0.1) is 6.92 Å². The fraction of sp³-hybridized carbons (Fsp3) is 0.316. The van der Waals surface area contributed by atoms with Crippen LogP contribution in [-0.4, -0.2) is 31.9 Å². The van der Waals surface area contributed by atoms with Crippen molar-refractivity contribution in [3.63, 3.8) is 0 Å². The van der Waals surface area contributed by atoms with E-state index in [2.05, 4.69) is 36.5 Å². The van der Waals surface area contributed by atoms with E-state index in [1.165, 1.54) is 10.5 Å². The van der Waals surface area contributed by atoms with Crippen molar-refractivity contribution in [3.8, 4) is 11.5 Å². The molecule has 0 unspecified atom stereocenters. The Labute approximate surface area is 147 Å². The third-order valence-corrected chi connectivity index (χ3v) is 4.37. The maximum absolute atomic E-state index is 11.8. The number of ether oxygens (including phenoxy) is 2. The standard InChI is InChI=1S/C19H23NO3S/c1-15-6-8-18(9-7-15)24-13-10-19(21)20-11-12-23-17-5-3-4-16(14-17)22-2/h3-9,14H,10-13H2,1-2H3,(H,20,21). The van der Waals surface area contributed by atoms with E-state index < -0.39 is 0 Å². The molecular weight excluding hydrogens is 322 g/mol. The van der Waals surface area contributed by atoms with Crippen molar-refractivity contribution < 1.29 is 14.3 Å². The number of carbonyl (C=O) groups is 1. The van der Waals surface area contributed by atoms with Gasteiger partial charge in [0, 0.05) is 23.1 Å². The zero-order chi connectivity index (χ0) is 17.2. The number of rotatable bonds is 9. The quantitative estimate of drug-likeness (QED) is 0.556. The van der Waals surface area contributed by atoms with Crippen LogP contribution in [0.4, 0.5) is 0 Å². The van der Waals surface area contributed by atoms with E-state index >= 15 is 0 Å². The van der Waals surface area contributed by atoms with E-state index in [1.54, 1.807) is 18.9 Å². The molecule has 0 aliphatic rings. The molecule has 5 heteroatoms. The summed E-state index contributed by atoms with van der Waals surface area (Å²) >= 11 is 1.69. The highest BCUT2D eigenvalue weighted by molar-refractivity contribution is 7.99. The molecule has 0 aromatic heterocycles. The smallest absolute Gasteiger partial charge is 0.220 e. The zero-order valence-corrected chi connectivity index (χ0v) is 14.9. The summed E-state index contributed by atoms with van der Waals surface area (Å²) in [4.78, 5) is 13.0. The lowest BCUT2D eigenvalue weighted by Crippen LogP contribution is -2.28. The first kappa shape index (κ1) is 18.2. The molecule has 2 aromatic rings. The van der Waals surface area contributed by atoms with Gasteiger partial charge in [-0.3, -0.25) is 4.79 Å². The molecule has 24 heavy (non-hydrogen) atoms. The highest BCUT2D eigenvalue weighted by Crippen LogP contribution is 2.19. The Kier molecular flexibility index (Phi) is 7.49. The number of hydrogen-bond donors (Lipinski definition) is 1. The van der Waals surface area contributed by atoms with Crippen LogP contribution < -0.4 is 14.8 Å². The molecule has 0 bridgehead atoms. The van der Waals surface area contributed by atoms with Crippen LogP contribution in [0.2, 0.25) is 0 Å². The van der Waals surface area contributed by atoms with Gasteiger partial charge in [0.1, 0.15) is 18.1 Å². The van der Waals surface area contributed by atoms with Crippen molar-refractivity contribution in [2.45, 2.75) is 18.2 Å². The molecular formula is C19H23NO3S. The van der Waals surface area contributed by atoms with Gasteiger partial charge in [-0.05, 0) is 31.2 Å². The Morgan fingerprint density at radius 3 is 2.62 bits per heavy atom. The van der Waals surface area contributed by atoms with Crippen molar-refractivity contribution in [2.75, 3.05) is 26.0 Å². The van der Waals surface area contributed by atoms with E-state index in [0.29, 0.717) is 19.6 Å². The van der Waals surface area contributed by atoms with Crippen LogP contribution >= 0.6 is 11.8 Å². The van der Waals surface area contributed by atoms with Crippen molar-refractivity contribution in [2.24, 2.45) is 0 Å². The summed E-state index contributed by atoms with van der Waals surface area (Å²) < 4.78 is 10.7. The second-order valence-corrected chi connectivity index (χ2v) is 6.46. The summed E-state index contributed by atoms with van der Waals surface area (Å²) in [5.74, 6) is 2.30. The molecule has 0 aliphatic carbocycles. The lowest BCUT2D eigenvalue weighted by Gasteiger charge is -2.09. The highest BCUT2D eigenvalue weighted by Gasteiger charge is 2.02. The lowest BCUT2D eigenvalue weighted by atomic mass is 10.2. The third-order valence-electron chi connectivity index (χ3n) is 3.35. The molecule has 1 N–H and O–H groups in total. The van der Waals surface area contributed by atoms with Gasteiger partial charge in [-0.1, -0.05) is 23.8 Å². The van der Waals surface area contributed by atoms with Gasteiger partial charge in [0.2, 0.25) is 5.91 Å². The molecule has 2 aromatic carbocycles. The number of methoxy groups -OCH3 is 1. The first-order valence-electron chi connectivity index (χ1n) is 7.90. The van der Waals surface area contributed by atoms with Crippen LogP contribution in [0.5, 0.6) is 11.5 Å². The van der Waals surface area contributed by atoms with Crippen LogP contribution in [0.1, 0.15) is 12.0 Å². The van der Waals surface area contributed by atoms with E-state index in [4.69, 9.17) is 9.47 Å². The summed E-state index contributed by atoms with van der Waals surface area (Å²) in [7, 11) is 1.62. The zero-order valence-electron chi connectivity index (χ0n) is 14.1. The molecule has 0 radical (unpaired) electrons. The SMILES string of the molecule is COc1cccc(OCCNC(=O)CCSc2ccc(C)cc2)c1. The first-order chi connectivity index (χ1) is 11.7. The predicted molar refractivity (Wildman–Crippen MR) is 98.0 cm³/mol. The van der Waals surface area contributed by atoms with Gasteiger partial charge in [0.15, 0.2) is 0 Å². The summed E-state index contributed by atoms with van der Waals surface area (Å²) in [6.07, 6.45) is 0.498. The van der Waals surface area contributed by atoms with E-state index in [1.807, 2.05) is 24.3 Å². The van der Waals surface area contributed by atoms with Gasteiger partial charge in [0.05, 0.1) is 13.7 Å². The Morgan fingerprint density at radius 2 is 1.88 bits per heavy atom. The van der Waals surface area contributed by atoms with Crippen LogP contribution in [-0.2, 0) is 4.79 Å². The first-order valence-corrected chi connectivity index (χ1v) is 8.89. The maximum Gasteiger partial charge on any atom is 0.220 e. The molecule has 0 heterocycles. The van der Waals surface area contributed by atoms with Gasteiger partial charge in [-0.15, -0.1) is 11.8 Å². The average molecular weight is 345 g/mol. The van der Waals surface area contributed by atoms with Gasteiger partial charge in [-0.2, -0.15) is 0 Å². The second kappa shape index (κ2) is 9.88. The number of aryl methyl sites for hydroxylation is 1. The molecule has 0 atom stereocenters. The summed E-state index contributed by atoms with van der Waals surface area (Å²) in [6.45, 7) is 2.99. The molecule has 2 rings (SSSR count). The minimum absolute atomic E-state index is 0.0452. The van der Waals surface area contributed by atoms with Crippen LogP contribution in [0.15, 0.2) is 53.4 Å². The summed E-state index contributed by atoms with van der Waals surface area (Å²) in [5, 5.41) is 2.87. The number of nitrogens with one attached hydrogen (secondary N) is 1. The van der Waals surface area contributed by atoms with Crippen molar-refractivity contribution in [3.05, 3.63) is 54.1 Å². The highest BCUT2D eigenvalue weighted by atomic mass is 32.2. The Balaban J connectivity index is 1.58. The molecule has 0 saturated carbocycles. The number of hydrogen-bond acceptors (Lipinski definition) is 4. The van der Waals surface area contributed by atoms with Gasteiger partial charge < -0.3 is 14.8 Å². The van der Waals surface area contributed by atoms with Crippen molar-refractivity contribution in [1.29, 1.82) is 0 Å². The average Bonchev–Trinajstić information content (AvgIpc) is 2.61. The molecule has 0 saturated heterocycles. The van der Waals surface area contributed by atoms with Crippen LogP contribution in [0.3, 0.4) is 0 Å². The van der Waals surface area contributed by atoms with E-state index in [-0.39, 0.29) is 5.91 Å². The molecule has 0 aliphatic heterocycles. The van der Waals surface area contributed by atoms with Crippen molar-refractivity contribution >= 4 is 17.7 Å². The number of carbonyl (C=O) groups excluding carboxylic acids is 1. The topological polar surface area (TPSA) is 47.6 Å². The fourth-order valence-electron chi connectivity index (χ4n) is 2.03. The molecule has 4 nitrogen and oxygen atoms in total. The van der Waals surface area contributed by atoms with Gasteiger partial charge >= 0.3 is 0 Å². The second-order valence-electron chi connectivity index (χ2n) is 5.29. The maximum atomic E-state index is 11.8. The number of amides is 1. The minimum atomic E-state index is 0.0452. The minimum Gasteiger partial charge on any atom is -0.497 e. The Bertz CT molecular complexity index is 643. The van der Waals surface area contributed by atoms with Crippen molar-refractivity contribution in [1.82, 2.24) is 5.32 Å². The molecule has 1 amide bonds. The molecule has 0 spiro atoms. The lowest BCUT2D eigenvalue weighted by molar-refractivity contribution is -0.120. The fourth-order valence-corrected chi connectivity index (χ4v) is 2.89. The molecule has 128 valence electrons. The Morgan fingerprint density at radius 1 is 1.12 bits per heavy atom. The van der Waals surface area contributed by atoms with E-state index in [9.17, 15) is 4.79 Å². The number of benzene rings is 2. The van der Waals surface area contributed by atoms with Gasteiger partial charge in [0.25, 0.3) is 0 Å². The molecule has 0 fully saturated rings. The Hall–Kier alpha value is -2.14. The van der Waals surface area contributed by atoms with Gasteiger partial charge in [-0.25, -0.2) is 0 Å².